The van der Waals surface area contributed by atoms with Gasteiger partial charge in [0.25, 0.3) is 11.8 Å². The van der Waals surface area contributed by atoms with Crippen molar-refractivity contribution in [3.05, 3.63) is 47.7 Å². The summed E-state index contributed by atoms with van der Waals surface area (Å²) in [5, 5.41) is 5.05. The number of primary amides is 1. The fourth-order valence-corrected chi connectivity index (χ4v) is 5.37. The lowest BCUT2D eigenvalue weighted by Gasteiger charge is -2.35. The van der Waals surface area contributed by atoms with Crippen LogP contribution in [-0.2, 0) is 35.1 Å². The van der Waals surface area contributed by atoms with Crippen LogP contribution in [0.15, 0.2) is 36.4 Å². The highest BCUT2D eigenvalue weighted by Crippen LogP contribution is 2.35. The quantitative estimate of drug-likeness (QED) is 0.356. The van der Waals surface area contributed by atoms with Gasteiger partial charge in [-0.25, -0.2) is 5.43 Å². The number of rotatable bonds is 10. The summed E-state index contributed by atoms with van der Waals surface area (Å²) in [4.78, 5) is 56.4. The van der Waals surface area contributed by atoms with Gasteiger partial charge in [0.15, 0.2) is 6.10 Å². The standard InChI is InChI=1S/C32H43N5O6/c1-5-24-11-10-23-9-8-22(19-26(23)35-24)12-13-32(14-17-42-18-15-32)31(41)43-27(20(2)3)29(39)34-21(4)30(40)37-16-6-7-25(36-37)28(33)38/h8-13,19-21,25,27,36H,5-7,14-18H2,1-4H3,(H2,33,38)(H,34,39)/b13-12+. The van der Waals surface area contributed by atoms with Crippen molar-refractivity contribution in [3.8, 4) is 0 Å². The van der Waals surface area contributed by atoms with E-state index >= 15 is 0 Å². The Morgan fingerprint density at radius 1 is 1.19 bits per heavy atom. The first-order valence-electron chi connectivity index (χ1n) is 15.1. The third-order valence-corrected chi connectivity index (χ3v) is 8.15. The van der Waals surface area contributed by atoms with Crippen LogP contribution >= 0.6 is 0 Å². The van der Waals surface area contributed by atoms with Gasteiger partial charge < -0.3 is 20.5 Å². The van der Waals surface area contributed by atoms with Gasteiger partial charge in [0.1, 0.15) is 12.1 Å². The Kier molecular flexibility index (Phi) is 10.5. The number of ether oxygens (including phenoxy) is 2. The maximum atomic E-state index is 13.8. The monoisotopic (exact) mass is 593 g/mol. The molecule has 0 bridgehead atoms. The van der Waals surface area contributed by atoms with E-state index in [2.05, 4.69) is 23.7 Å². The summed E-state index contributed by atoms with van der Waals surface area (Å²) in [5.74, 6) is -2.37. The number of nitrogens with two attached hydrogens (primary N) is 1. The number of aryl methyl sites for hydroxylation is 1. The number of hydrazine groups is 1. The number of hydrogen-bond donors (Lipinski definition) is 3. The number of pyridine rings is 1. The number of aromatic nitrogens is 1. The van der Waals surface area contributed by atoms with Crippen molar-refractivity contribution in [2.24, 2.45) is 17.1 Å². The Labute approximate surface area is 252 Å². The van der Waals surface area contributed by atoms with E-state index in [4.69, 9.17) is 20.2 Å². The lowest BCUT2D eigenvalue weighted by Crippen LogP contribution is -2.60. The van der Waals surface area contributed by atoms with Crippen LogP contribution < -0.4 is 16.5 Å². The summed E-state index contributed by atoms with van der Waals surface area (Å²) in [6.45, 7) is 8.35. The van der Waals surface area contributed by atoms with Crippen LogP contribution in [0.5, 0.6) is 0 Å². The molecule has 3 amide bonds. The first kappa shape index (κ1) is 32.1. The number of carbonyl (C=O) groups is 4. The second-order valence-corrected chi connectivity index (χ2v) is 11.7. The normalized spacial score (nSPS) is 20.1. The lowest BCUT2D eigenvalue weighted by atomic mass is 9.79. The predicted octanol–water partition coefficient (Wildman–Crippen LogP) is 2.66. The Morgan fingerprint density at radius 3 is 2.58 bits per heavy atom. The second kappa shape index (κ2) is 14.1. The minimum absolute atomic E-state index is 0.348. The molecule has 232 valence electrons. The number of nitrogens with one attached hydrogen (secondary N) is 2. The van der Waals surface area contributed by atoms with E-state index in [0.29, 0.717) is 45.4 Å². The molecule has 43 heavy (non-hydrogen) atoms. The fraction of sp³-hybridized carbons (Fsp3) is 0.531. The molecule has 0 spiro atoms. The van der Waals surface area contributed by atoms with E-state index in [1.807, 2.05) is 36.4 Å². The molecule has 4 rings (SSSR count). The van der Waals surface area contributed by atoms with Gasteiger partial charge in [0, 0.05) is 30.8 Å². The molecule has 11 heteroatoms. The fourth-order valence-electron chi connectivity index (χ4n) is 5.37. The van der Waals surface area contributed by atoms with Gasteiger partial charge in [-0.05, 0) is 62.6 Å². The van der Waals surface area contributed by atoms with Gasteiger partial charge in [-0.3, -0.25) is 29.2 Å². The van der Waals surface area contributed by atoms with Crippen molar-refractivity contribution >= 4 is 40.7 Å². The minimum atomic E-state index is -1.11. The molecule has 2 fully saturated rings. The number of benzene rings is 1. The maximum absolute atomic E-state index is 13.8. The molecule has 0 radical (unpaired) electrons. The smallest absolute Gasteiger partial charge is 0.316 e. The van der Waals surface area contributed by atoms with Crippen LogP contribution in [0.1, 0.15) is 64.6 Å². The van der Waals surface area contributed by atoms with E-state index in [-0.39, 0.29) is 5.92 Å². The van der Waals surface area contributed by atoms with Crippen molar-refractivity contribution < 1.29 is 28.7 Å². The number of nitrogens with zero attached hydrogens (tertiary/aromatic N) is 2. The Balaban J connectivity index is 1.47. The van der Waals surface area contributed by atoms with E-state index in [1.165, 1.54) is 5.01 Å². The molecular formula is C32H43N5O6. The summed E-state index contributed by atoms with van der Waals surface area (Å²) >= 11 is 0. The number of esters is 1. The van der Waals surface area contributed by atoms with Crippen molar-refractivity contribution in [2.75, 3.05) is 19.8 Å². The third kappa shape index (κ3) is 7.77. The van der Waals surface area contributed by atoms with Crippen LogP contribution in [0.4, 0.5) is 0 Å². The molecule has 2 aliphatic rings. The Hall–Kier alpha value is -3.83. The van der Waals surface area contributed by atoms with E-state index in [1.54, 1.807) is 20.8 Å². The first-order valence-corrected chi connectivity index (χ1v) is 15.1. The first-order chi connectivity index (χ1) is 20.5. The molecule has 3 atom stereocenters. The average molecular weight is 594 g/mol. The lowest BCUT2D eigenvalue weighted by molar-refractivity contribution is -0.170. The molecule has 1 aromatic heterocycles. The topological polar surface area (TPSA) is 153 Å². The summed E-state index contributed by atoms with van der Waals surface area (Å²) in [7, 11) is 0. The Bertz CT molecular complexity index is 1370. The van der Waals surface area contributed by atoms with Crippen LogP contribution in [0, 0.1) is 11.3 Å². The van der Waals surface area contributed by atoms with E-state index in [0.717, 1.165) is 28.6 Å². The van der Waals surface area contributed by atoms with Gasteiger partial charge in [-0.1, -0.05) is 51.1 Å². The molecular weight excluding hydrogens is 550 g/mol. The SMILES string of the molecule is CCc1ccc2ccc(/C=C/C3(C(=O)OC(C(=O)NC(C)C(=O)N4CCCC(C(N)=O)N4)C(C)C)CCOCC3)cc2n1. The largest absolute Gasteiger partial charge is 0.451 e. The van der Waals surface area contributed by atoms with Crippen molar-refractivity contribution in [3.63, 3.8) is 0 Å². The van der Waals surface area contributed by atoms with Crippen LogP contribution in [0.25, 0.3) is 17.0 Å². The molecule has 2 saturated heterocycles. The number of fused-ring (bicyclic) bond motifs is 1. The summed E-state index contributed by atoms with van der Waals surface area (Å²) in [5.41, 5.74) is 10.1. The van der Waals surface area contributed by atoms with Gasteiger partial charge in [0.05, 0.1) is 10.9 Å². The molecule has 3 heterocycles. The van der Waals surface area contributed by atoms with Crippen LogP contribution in [0.2, 0.25) is 0 Å². The highest BCUT2D eigenvalue weighted by atomic mass is 16.6. The number of carbonyl (C=O) groups excluding carboxylic acids is 4. The summed E-state index contributed by atoms with van der Waals surface area (Å²) < 4.78 is 11.5. The third-order valence-electron chi connectivity index (χ3n) is 8.15. The average Bonchev–Trinajstić information content (AvgIpc) is 3.01. The maximum Gasteiger partial charge on any atom is 0.316 e. The van der Waals surface area contributed by atoms with Crippen molar-refractivity contribution in [1.82, 2.24) is 20.7 Å². The highest BCUT2D eigenvalue weighted by molar-refractivity contribution is 5.91. The molecule has 0 aliphatic carbocycles. The van der Waals surface area contributed by atoms with Gasteiger partial charge in [-0.15, -0.1) is 0 Å². The predicted molar refractivity (Wildman–Crippen MR) is 162 cm³/mol. The highest BCUT2D eigenvalue weighted by Gasteiger charge is 2.42. The van der Waals surface area contributed by atoms with Crippen LogP contribution in [-0.4, -0.2) is 71.6 Å². The number of amides is 3. The van der Waals surface area contributed by atoms with Crippen molar-refractivity contribution in [2.45, 2.75) is 78.0 Å². The van der Waals surface area contributed by atoms with E-state index < -0.39 is 47.3 Å². The van der Waals surface area contributed by atoms with E-state index in [9.17, 15) is 19.2 Å². The molecule has 2 aliphatic heterocycles. The Morgan fingerprint density at radius 2 is 1.91 bits per heavy atom. The number of hydrogen-bond acceptors (Lipinski definition) is 8. The zero-order valence-corrected chi connectivity index (χ0v) is 25.4. The minimum Gasteiger partial charge on any atom is -0.451 e. The second-order valence-electron chi connectivity index (χ2n) is 11.7. The molecule has 1 aromatic carbocycles. The van der Waals surface area contributed by atoms with Crippen molar-refractivity contribution in [1.29, 1.82) is 0 Å². The summed E-state index contributed by atoms with van der Waals surface area (Å²) in [6.07, 6.45) is 5.46. The molecule has 2 aromatic rings. The van der Waals surface area contributed by atoms with Gasteiger partial charge in [0.2, 0.25) is 5.91 Å². The molecule has 3 unspecified atom stereocenters. The summed E-state index contributed by atoms with van der Waals surface area (Å²) in [6, 6.07) is 8.49. The van der Waals surface area contributed by atoms with Gasteiger partial charge >= 0.3 is 5.97 Å². The van der Waals surface area contributed by atoms with Crippen LogP contribution in [0.3, 0.4) is 0 Å². The zero-order chi connectivity index (χ0) is 31.1. The molecule has 0 saturated carbocycles. The van der Waals surface area contributed by atoms with Gasteiger partial charge in [-0.2, -0.15) is 0 Å². The zero-order valence-electron chi connectivity index (χ0n) is 25.4. The molecule has 11 nitrogen and oxygen atoms in total. The molecule has 4 N–H and O–H groups in total.